The molecule has 0 saturated carbocycles. The highest BCUT2D eigenvalue weighted by molar-refractivity contribution is 5.91. The van der Waals surface area contributed by atoms with E-state index in [-0.39, 0.29) is 6.04 Å². The van der Waals surface area contributed by atoms with Crippen LogP contribution in [0.2, 0.25) is 0 Å². The summed E-state index contributed by atoms with van der Waals surface area (Å²) in [5.41, 5.74) is 4.89. The van der Waals surface area contributed by atoms with Crippen LogP contribution in [0.4, 0.5) is 0 Å². The molecule has 0 fully saturated rings. The number of aliphatic hydroxyl groups is 1. The van der Waals surface area contributed by atoms with Gasteiger partial charge in [-0.3, -0.25) is 0 Å². The maximum atomic E-state index is 12.6. The molecule has 3 heteroatoms. The van der Waals surface area contributed by atoms with Gasteiger partial charge in [0.2, 0.25) is 0 Å². The van der Waals surface area contributed by atoms with E-state index < -0.39 is 11.5 Å². The quantitative estimate of drug-likeness (QED) is 0.439. The highest BCUT2D eigenvalue weighted by atomic mass is 16.5. The Bertz CT molecular complexity index is 1270. The minimum atomic E-state index is -1.27. The van der Waals surface area contributed by atoms with Gasteiger partial charge in [0.05, 0.1) is 12.0 Å². The molecule has 1 aliphatic carbocycles. The summed E-state index contributed by atoms with van der Waals surface area (Å²) in [5.74, 6) is 0.167. The number of benzene rings is 4. The minimum Gasteiger partial charge on any atom is -0.478 e. The number of hydrogen-bond donors (Lipinski definition) is 1. The Morgan fingerprint density at radius 3 is 1.94 bits per heavy atom. The van der Waals surface area contributed by atoms with E-state index in [9.17, 15) is 5.11 Å². The summed E-state index contributed by atoms with van der Waals surface area (Å²) in [6.07, 6.45) is 0.817. The van der Waals surface area contributed by atoms with E-state index in [0.717, 1.165) is 34.2 Å². The van der Waals surface area contributed by atoms with Crippen molar-refractivity contribution in [3.8, 4) is 11.1 Å². The lowest BCUT2D eigenvalue weighted by atomic mass is 9.75. The molecular formula is C30H25NO2. The molecule has 162 valence electrons. The van der Waals surface area contributed by atoms with Crippen LogP contribution in [0.1, 0.15) is 28.2 Å². The van der Waals surface area contributed by atoms with Crippen LogP contribution >= 0.6 is 0 Å². The van der Waals surface area contributed by atoms with Crippen LogP contribution in [-0.4, -0.2) is 23.7 Å². The molecule has 0 saturated heterocycles. The fraction of sp³-hybridized carbons (Fsp3) is 0.167. The zero-order valence-electron chi connectivity index (χ0n) is 18.3. The SMILES string of the molecule is OC1([C@H](C2=N[C@H](Cc3ccccc3)CO2)c2ccccc2)c2ccccc2-c2ccccc21. The van der Waals surface area contributed by atoms with Gasteiger partial charge in [0.1, 0.15) is 12.2 Å². The van der Waals surface area contributed by atoms with Crippen molar-refractivity contribution in [1.29, 1.82) is 0 Å². The van der Waals surface area contributed by atoms with Gasteiger partial charge in [0.25, 0.3) is 0 Å². The van der Waals surface area contributed by atoms with Crippen molar-refractivity contribution in [3.05, 3.63) is 131 Å². The molecule has 2 aliphatic rings. The Morgan fingerprint density at radius 2 is 1.30 bits per heavy atom. The van der Waals surface area contributed by atoms with Crippen LogP contribution in [0, 0.1) is 0 Å². The van der Waals surface area contributed by atoms with Crippen LogP contribution in [0.15, 0.2) is 114 Å². The molecule has 2 atom stereocenters. The highest BCUT2D eigenvalue weighted by Gasteiger charge is 2.51. The summed E-state index contributed by atoms with van der Waals surface area (Å²) in [7, 11) is 0. The van der Waals surface area contributed by atoms with Crippen molar-refractivity contribution < 1.29 is 9.84 Å². The Kier molecular flexibility index (Phi) is 4.85. The van der Waals surface area contributed by atoms with E-state index in [2.05, 4.69) is 48.5 Å². The van der Waals surface area contributed by atoms with Crippen LogP contribution < -0.4 is 0 Å². The van der Waals surface area contributed by atoms with Crippen LogP contribution in [0.3, 0.4) is 0 Å². The van der Waals surface area contributed by atoms with Crippen molar-refractivity contribution in [2.45, 2.75) is 24.0 Å². The summed E-state index contributed by atoms with van der Waals surface area (Å²) < 4.78 is 6.25. The molecule has 4 aromatic carbocycles. The van der Waals surface area contributed by atoms with E-state index in [1.165, 1.54) is 5.56 Å². The first kappa shape index (κ1) is 20.0. The first-order chi connectivity index (χ1) is 16.2. The Labute approximate surface area is 194 Å². The third-order valence-corrected chi connectivity index (χ3v) is 6.81. The molecule has 1 aliphatic heterocycles. The van der Waals surface area contributed by atoms with Crippen molar-refractivity contribution in [2.75, 3.05) is 6.61 Å². The molecule has 0 spiro atoms. The van der Waals surface area contributed by atoms with Crippen molar-refractivity contribution in [3.63, 3.8) is 0 Å². The van der Waals surface area contributed by atoms with Crippen LogP contribution in [0.25, 0.3) is 11.1 Å². The third kappa shape index (κ3) is 3.28. The first-order valence-electron chi connectivity index (χ1n) is 11.5. The molecule has 0 radical (unpaired) electrons. The van der Waals surface area contributed by atoms with E-state index >= 15 is 0 Å². The molecular weight excluding hydrogens is 406 g/mol. The molecule has 3 nitrogen and oxygen atoms in total. The topological polar surface area (TPSA) is 41.8 Å². The second-order valence-corrected chi connectivity index (χ2v) is 8.82. The van der Waals surface area contributed by atoms with Gasteiger partial charge in [-0.25, -0.2) is 4.99 Å². The van der Waals surface area contributed by atoms with Gasteiger partial charge in [0, 0.05) is 0 Å². The standard InChI is InChI=1S/C30H25NO2/c32-30(26-17-9-7-15-24(26)25-16-8-10-18-27(25)30)28(22-13-5-2-6-14-22)29-31-23(20-33-29)19-21-11-3-1-4-12-21/h1-18,23,28,32H,19-20H2/t23-,28+/m1/s1. The van der Waals surface area contributed by atoms with Crippen molar-refractivity contribution in [1.82, 2.24) is 0 Å². The third-order valence-electron chi connectivity index (χ3n) is 6.81. The molecule has 1 heterocycles. The van der Waals surface area contributed by atoms with Gasteiger partial charge in [0.15, 0.2) is 5.90 Å². The normalized spacial score (nSPS) is 18.7. The maximum Gasteiger partial charge on any atom is 0.195 e. The Morgan fingerprint density at radius 1 is 0.758 bits per heavy atom. The monoisotopic (exact) mass is 431 g/mol. The van der Waals surface area contributed by atoms with Crippen LogP contribution in [-0.2, 0) is 16.8 Å². The molecule has 6 rings (SSSR count). The number of nitrogens with zero attached hydrogens (tertiary/aromatic N) is 1. The smallest absolute Gasteiger partial charge is 0.195 e. The number of hydrogen-bond acceptors (Lipinski definition) is 3. The van der Waals surface area contributed by atoms with Gasteiger partial charge >= 0.3 is 0 Å². The lowest BCUT2D eigenvalue weighted by molar-refractivity contribution is 0.0683. The molecule has 0 bridgehead atoms. The van der Waals surface area contributed by atoms with E-state index in [1.54, 1.807) is 0 Å². The van der Waals surface area contributed by atoms with E-state index in [1.807, 2.05) is 60.7 Å². The summed E-state index contributed by atoms with van der Waals surface area (Å²) in [5, 5.41) is 12.6. The van der Waals surface area contributed by atoms with Crippen molar-refractivity contribution >= 4 is 5.90 Å². The maximum absolute atomic E-state index is 12.6. The van der Waals surface area contributed by atoms with Gasteiger partial charge in [-0.15, -0.1) is 0 Å². The zero-order valence-corrected chi connectivity index (χ0v) is 18.3. The number of fused-ring (bicyclic) bond motifs is 3. The minimum absolute atomic E-state index is 0.0316. The lowest BCUT2D eigenvalue weighted by Gasteiger charge is -2.34. The van der Waals surface area contributed by atoms with Gasteiger partial charge in [-0.1, -0.05) is 109 Å². The molecule has 0 unspecified atom stereocenters. The molecule has 33 heavy (non-hydrogen) atoms. The molecule has 0 amide bonds. The predicted octanol–water partition coefficient (Wildman–Crippen LogP) is 5.73. The van der Waals surface area contributed by atoms with Gasteiger partial charge in [-0.05, 0) is 39.8 Å². The van der Waals surface area contributed by atoms with Gasteiger partial charge in [-0.2, -0.15) is 0 Å². The summed E-state index contributed by atoms with van der Waals surface area (Å²) in [4.78, 5) is 5.03. The summed E-state index contributed by atoms with van der Waals surface area (Å²) in [6, 6.07) is 36.8. The second-order valence-electron chi connectivity index (χ2n) is 8.82. The van der Waals surface area contributed by atoms with Crippen LogP contribution in [0.5, 0.6) is 0 Å². The highest BCUT2D eigenvalue weighted by Crippen LogP contribution is 2.54. The molecule has 0 aromatic heterocycles. The van der Waals surface area contributed by atoms with E-state index in [4.69, 9.17) is 9.73 Å². The fourth-order valence-corrected chi connectivity index (χ4v) is 5.35. The van der Waals surface area contributed by atoms with Gasteiger partial charge < -0.3 is 9.84 Å². The Hall–Kier alpha value is -3.69. The lowest BCUT2D eigenvalue weighted by Crippen LogP contribution is -2.38. The van der Waals surface area contributed by atoms with Crippen molar-refractivity contribution in [2.24, 2.45) is 4.99 Å². The largest absolute Gasteiger partial charge is 0.478 e. The number of aliphatic imine (C=N–C) groups is 1. The Balaban J connectivity index is 1.49. The second kappa shape index (κ2) is 8.02. The predicted molar refractivity (Wildman–Crippen MR) is 131 cm³/mol. The number of rotatable bonds is 5. The first-order valence-corrected chi connectivity index (χ1v) is 11.5. The average molecular weight is 432 g/mol. The molecule has 4 aromatic rings. The summed E-state index contributed by atoms with van der Waals surface area (Å²) in [6.45, 7) is 0.521. The summed E-state index contributed by atoms with van der Waals surface area (Å²) >= 11 is 0. The van der Waals surface area contributed by atoms with E-state index in [0.29, 0.717) is 12.5 Å². The average Bonchev–Trinajstić information content (AvgIpc) is 3.42. The molecule has 1 N–H and O–H groups in total. The number of ether oxygens (including phenoxy) is 1. The fourth-order valence-electron chi connectivity index (χ4n) is 5.35. The zero-order chi connectivity index (χ0) is 22.3.